The van der Waals surface area contributed by atoms with E-state index in [0.717, 1.165) is 4.88 Å². The van der Waals surface area contributed by atoms with Crippen LogP contribution < -0.4 is 16.8 Å². The van der Waals surface area contributed by atoms with Crippen LogP contribution in [-0.2, 0) is 16.1 Å². The Bertz CT molecular complexity index is 338. The molecule has 82 valence electrons. The van der Waals surface area contributed by atoms with Crippen LogP contribution in [0.1, 0.15) is 11.3 Å². The lowest BCUT2D eigenvalue weighted by Crippen LogP contribution is -2.42. The molecule has 0 saturated heterocycles. The average molecular weight is 228 g/mol. The highest BCUT2D eigenvalue weighted by molar-refractivity contribution is 7.09. The van der Waals surface area contributed by atoms with E-state index in [1.165, 1.54) is 11.3 Å². The van der Waals surface area contributed by atoms with Crippen molar-refractivity contribution in [1.29, 1.82) is 0 Å². The average Bonchev–Trinajstić information content (AvgIpc) is 2.65. The van der Waals surface area contributed by atoms with Crippen molar-refractivity contribution in [2.24, 2.45) is 11.5 Å². The molecule has 5 N–H and O–H groups in total. The number of nitrogens with zero attached hydrogens (tertiary/aromatic N) is 1. The number of rotatable bonds is 5. The molecule has 1 atom stereocenters. The third-order valence-electron chi connectivity index (χ3n) is 1.68. The van der Waals surface area contributed by atoms with Gasteiger partial charge in [0.2, 0.25) is 11.8 Å². The zero-order valence-electron chi connectivity index (χ0n) is 7.97. The molecule has 0 aliphatic heterocycles. The maximum Gasteiger partial charge on any atom is 0.237 e. The highest BCUT2D eigenvalue weighted by Crippen LogP contribution is 2.04. The SMILES string of the molecule is NC(=O)CC(N)C(=O)NCc1cncs1. The second-order valence-electron chi connectivity index (χ2n) is 2.96. The molecule has 0 spiro atoms. The van der Waals surface area contributed by atoms with Gasteiger partial charge in [-0.05, 0) is 0 Å². The Kier molecular flexibility index (Phi) is 4.19. The molecule has 15 heavy (non-hydrogen) atoms. The van der Waals surface area contributed by atoms with Crippen LogP contribution in [0.5, 0.6) is 0 Å². The molecule has 7 heteroatoms. The van der Waals surface area contributed by atoms with Crippen molar-refractivity contribution < 1.29 is 9.59 Å². The van der Waals surface area contributed by atoms with E-state index in [2.05, 4.69) is 10.3 Å². The summed E-state index contributed by atoms with van der Waals surface area (Å²) in [5.74, 6) is -0.974. The third-order valence-corrected chi connectivity index (χ3v) is 2.46. The van der Waals surface area contributed by atoms with Crippen LogP contribution in [0, 0.1) is 0 Å². The van der Waals surface area contributed by atoms with Crippen LogP contribution in [0.25, 0.3) is 0 Å². The van der Waals surface area contributed by atoms with Crippen molar-refractivity contribution in [3.05, 3.63) is 16.6 Å². The van der Waals surface area contributed by atoms with Gasteiger partial charge in [0.05, 0.1) is 24.5 Å². The molecule has 1 unspecified atom stereocenters. The highest BCUT2D eigenvalue weighted by Gasteiger charge is 2.15. The lowest BCUT2D eigenvalue weighted by molar-refractivity contribution is -0.126. The monoisotopic (exact) mass is 228 g/mol. The topological polar surface area (TPSA) is 111 Å². The van der Waals surface area contributed by atoms with Crippen molar-refractivity contribution in [3.63, 3.8) is 0 Å². The standard InChI is InChI=1S/C8H12N4O2S/c9-6(1-7(10)13)8(14)12-3-5-2-11-4-15-5/h2,4,6H,1,3,9H2,(H2,10,13)(H,12,14). The number of thiazole rings is 1. The van der Waals surface area contributed by atoms with Gasteiger partial charge in [-0.3, -0.25) is 14.6 Å². The Hall–Kier alpha value is -1.47. The molecule has 0 bridgehead atoms. The highest BCUT2D eigenvalue weighted by atomic mass is 32.1. The second-order valence-corrected chi connectivity index (χ2v) is 3.93. The summed E-state index contributed by atoms with van der Waals surface area (Å²) in [5.41, 5.74) is 12.0. The van der Waals surface area contributed by atoms with Gasteiger partial charge in [0.1, 0.15) is 0 Å². The Morgan fingerprint density at radius 1 is 1.60 bits per heavy atom. The number of primary amides is 1. The minimum absolute atomic E-state index is 0.144. The maximum absolute atomic E-state index is 11.3. The van der Waals surface area contributed by atoms with Gasteiger partial charge in [-0.25, -0.2) is 0 Å². The zero-order valence-corrected chi connectivity index (χ0v) is 8.79. The zero-order chi connectivity index (χ0) is 11.3. The summed E-state index contributed by atoms with van der Waals surface area (Å²) >= 11 is 1.43. The molecule has 0 saturated carbocycles. The second kappa shape index (κ2) is 5.42. The van der Waals surface area contributed by atoms with E-state index >= 15 is 0 Å². The normalized spacial score (nSPS) is 12.1. The Balaban J connectivity index is 2.32. The van der Waals surface area contributed by atoms with E-state index < -0.39 is 11.9 Å². The minimum atomic E-state index is -0.879. The molecule has 6 nitrogen and oxygen atoms in total. The number of aromatic nitrogens is 1. The fraction of sp³-hybridized carbons (Fsp3) is 0.375. The first kappa shape index (κ1) is 11.6. The first-order valence-corrected chi connectivity index (χ1v) is 5.16. The predicted octanol–water partition coefficient (Wildman–Crippen LogP) is -1.04. The lowest BCUT2D eigenvalue weighted by atomic mass is 10.2. The first-order valence-electron chi connectivity index (χ1n) is 4.28. The van der Waals surface area contributed by atoms with Crippen LogP contribution in [0.15, 0.2) is 11.7 Å². The van der Waals surface area contributed by atoms with Crippen LogP contribution in [0.4, 0.5) is 0 Å². The summed E-state index contributed by atoms with van der Waals surface area (Å²) in [6, 6.07) is -0.879. The van der Waals surface area contributed by atoms with Crippen molar-refractivity contribution in [2.75, 3.05) is 0 Å². The minimum Gasteiger partial charge on any atom is -0.370 e. The summed E-state index contributed by atoms with van der Waals surface area (Å²) in [4.78, 5) is 26.6. The first-order chi connectivity index (χ1) is 7.09. The summed E-state index contributed by atoms with van der Waals surface area (Å²) in [6.45, 7) is 0.371. The van der Waals surface area contributed by atoms with E-state index in [0.29, 0.717) is 6.54 Å². The summed E-state index contributed by atoms with van der Waals surface area (Å²) in [7, 11) is 0. The fourth-order valence-electron chi connectivity index (χ4n) is 0.944. The number of hydrogen-bond acceptors (Lipinski definition) is 5. The van der Waals surface area contributed by atoms with Gasteiger partial charge in [0, 0.05) is 11.1 Å². The summed E-state index contributed by atoms with van der Waals surface area (Å²) in [6.07, 6.45) is 1.51. The van der Waals surface area contributed by atoms with Gasteiger partial charge in [-0.15, -0.1) is 11.3 Å². The summed E-state index contributed by atoms with van der Waals surface area (Å²) in [5, 5.41) is 2.59. The number of nitrogens with one attached hydrogen (secondary N) is 1. The van der Waals surface area contributed by atoms with E-state index in [4.69, 9.17) is 11.5 Å². The predicted molar refractivity (Wildman–Crippen MR) is 55.7 cm³/mol. The van der Waals surface area contributed by atoms with Gasteiger partial charge < -0.3 is 16.8 Å². The molecule has 0 radical (unpaired) electrons. The van der Waals surface area contributed by atoms with Gasteiger partial charge in [0.15, 0.2) is 0 Å². The van der Waals surface area contributed by atoms with Crippen LogP contribution in [0.3, 0.4) is 0 Å². The van der Waals surface area contributed by atoms with Gasteiger partial charge in [0.25, 0.3) is 0 Å². The molecule has 1 aromatic rings. The number of carbonyl (C=O) groups is 2. The van der Waals surface area contributed by atoms with Crippen molar-refractivity contribution in [2.45, 2.75) is 19.0 Å². The molecular formula is C8H12N4O2S. The van der Waals surface area contributed by atoms with E-state index in [9.17, 15) is 9.59 Å². The molecule has 2 amide bonds. The maximum atomic E-state index is 11.3. The quantitative estimate of drug-likeness (QED) is 0.597. The lowest BCUT2D eigenvalue weighted by Gasteiger charge is -2.09. The Morgan fingerprint density at radius 2 is 2.33 bits per heavy atom. The van der Waals surface area contributed by atoms with E-state index in [1.54, 1.807) is 11.7 Å². The van der Waals surface area contributed by atoms with E-state index in [1.807, 2.05) is 0 Å². The number of carbonyl (C=O) groups excluding carboxylic acids is 2. The van der Waals surface area contributed by atoms with E-state index in [-0.39, 0.29) is 12.3 Å². The smallest absolute Gasteiger partial charge is 0.237 e. The molecule has 0 fully saturated rings. The number of amides is 2. The molecular weight excluding hydrogens is 216 g/mol. The Morgan fingerprint density at radius 3 is 2.87 bits per heavy atom. The van der Waals surface area contributed by atoms with Crippen molar-refractivity contribution in [3.8, 4) is 0 Å². The van der Waals surface area contributed by atoms with Crippen molar-refractivity contribution in [1.82, 2.24) is 10.3 Å². The van der Waals surface area contributed by atoms with Crippen molar-refractivity contribution >= 4 is 23.2 Å². The fourth-order valence-corrected chi connectivity index (χ4v) is 1.48. The molecule has 1 heterocycles. The third kappa shape index (κ3) is 4.05. The molecule has 0 aliphatic carbocycles. The largest absolute Gasteiger partial charge is 0.370 e. The molecule has 1 rings (SSSR count). The number of hydrogen-bond donors (Lipinski definition) is 3. The Labute approximate surface area is 90.7 Å². The van der Waals surface area contributed by atoms with Gasteiger partial charge in [-0.2, -0.15) is 0 Å². The van der Waals surface area contributed by atoms with Gasteiger partial charge >= 0.3 is 0 Å². The number of nitrogens with two attached hydrogens (primary N) is 2. The van der Waals surface area contributed by atoms with Crippen LogP contribution >= 0.6 is 11.3 Å². The molecule has 0 aliphatic rings. The molecule has 0 aromatic carbocycles. The van der Waals surface area contributed by atoms with Crippen LogP contribution in [0.2, 0.25) is 0 Å². The van der Waals surface area contributed by atoms with Crippen LogP contribution in [-0.4, -0.2) is 22.8 Å². The summed E-state index contributed by atoms with van der Waals surface area (Å²) < 4.78 is 0. The molecule has 1 aromatic heterocycles. The van der Waals surface area contributed by atoms with Gasteiger partial charge in [-0.1, -0.05) is 0 Å².